The summed E-state index contributed by atoms with van der Waals surface area (Å²) < 4.78 is 44.9. The summed E-state index contributed by atoms with van der Waals surface area (Å²) in [5.74, 6) is -0.631. The number of halogens is 1. The van der Waals surface area contributed by atoms with Crippen molar-refractivity contribution in [1.82, 2.24) is 4.72 Å². The molecule has 132 valence electrons. The summed E-state index contributed by atoms with van der Waals surface area (Å²) in [6, 6.07) is 11.4. The summed E-state index contributed by atoms with van der Waals surface area (Å²) >= 11 is 0. The highest BCUT2D eigenvalue weighted by molar-refractivity contribution is 7.89. The number of ether oxygens (including phenoxy) is 1. The summed E-state index contributed by atoms with van der Waals surface area (Å²) in [6.07, 6.45) is 1.72. The van der Waals surface area contributed by atoms with E-state index in [1.165, 1.54) is 42.5 Å². The van der Waals surface area contributed by atoms with Crippen LogP contribution in [0.5, 0.6) is 5.75 Å². The van der Waals surface area contributed by atoms with Gasteiger partial charge in [-0.15, -0.1) is 0 Å². The van der Waals surface area contributed by atoms with E-state index in [0.717, 1.165) is 12.8 Å². The second-order valence-electron chi connectivity index (χ2n) is 5.71. The first-order chi connectivity index (χ1) is 11.9. The van der Waals surface area contributed by atoms with Gasteiger partial charge in [-0.1, -0.05) is 6.07 Å². The molecular formula is C17H17FN2O4S. The first-order valence-electron chi connectivity index (χ1n) is 7.73. The molecule has 0 saturated heterocycles. The minimum absolute atomic E-state index is 0.0318. The Labute approximate surface area is 145 Å². The number of benzene rings is 2. The molecule has 0 heterocycles. The minimum Gasteiger partial charge on any atom is -0.484 e. The molecule has 0 bridgehead atoms. The maximum Gasteiger partial charge on any atom is 0.262 e. The van der Waals surface area contributed by atoms with Crippen molar-refractivity contribution in [3.63, 3.8) is 0 Å². The molecule has 2 N–H and O–H groups in total. The van der Waals surface area contributed by atoms with Gasteiger partial charge in [0.05, 0.1) is 4.90 Å². The molecule has 0 atom stereocenters. The number of amides is 1. The first-order valence-corrected chi connectivity index (χ1v) is 9.21. The number of nitrogens with one attached hydrogen (secondary N) is 2. The van der Waals surface area contributed by atoms with Crippen LogP contribution in [0.2, 0.25) is 0 Å². The number of carbonyl (C=O) groups excluding carboxylic acids is 1. The lowest BCUT2D eigenvalue weighted by atomic mass is 10.3. The van der Waals surface area contributed by atoms with Gasteiger partial charge in [-0.25, -0.2) is 17.5 Å². The van der Waals surface area contributed by atoms with E-state index in [-0.39, 0.29) is 23.3 Å². The quantitative estimate of drug-likeness (QED) is 0.789. The fraction of sp³-hybridized carbons (Fsp3) is 0.235. The second kappa shape index (κ2) is 7.20. The van der Waals surface area contributed by atoms with Gasteiger partial charge >= 0.3 is 0 Å². The van der Waals surface area contributed by atoms with E-state index in [1.807, 2.05) is 0 Å². The van der Waals surface area contributed by atoms with E-state index in [1.54, 1.807) is 6.07 Å². The molecule has 0 aliphatic heterocycles. The zero-order valence-corrected chi connectivity index (χ0v) is 14.1. The number of sulfonamides is 1. The Hall–Kier alpha value is -2.45. The third kappa shape index (κ3) is 5.01. The van der Waals surface area contributed by atoms with Crippen LogP contribution in [0.15, 0.2) is 53.4 Å². The molecule has 8 heteroatoms. The van der Waals surface area contributed by atoms with Gasteiger partial charge < -0.3 is 10.1 Å². The van der Waals surface area contributed by atoms with Gasteiger partial charge in [0.1, 0.15) is 11.6 Å². The number of hydrogen-bond acceptors (Lipinski definition) is 4. The molecule has 1 fully saturated rings. The SMILES string of the molecule is O=C(COc1cccc(F)c1)Nc1ccc(S(=O)(=O)NC2CC2)cc1. The largest absolute Gasteiger partial charge is 0.484 e. The lowest BCUT2D eigenvalue weighted by Gasteiger charge is -2.09. The molecule has 2 aromatic rings. The Kier molecular flexibility index (Phi) is 5.00. The Morgan fingerprint density at radius 3 is 2.52 bits per heavy atom. The van der Waals surface area contributed by atoms with Gasteiger partial charge in [0, 0.05) is 17.8 Å². The predicted molar refractivity (Wildman–Crippen MR) is 90.3 cm³/mol. The average Bonchev–Trinajstić information content (AvgIpc) is 3.37. The summed E-state index contributed by atoms with van der Waals surface area (Å²) in [4.78, 5) is 12.0. The highest BCUT2D eigenvalue weighted by atomic mass is 32.2. The van der Waals surface area contributed by atoms with E-state index >= 15 is 0 Å². The normalized spacial score (nSPS) is 14.1. The minimum atomic E-state index is -3.52. The van der Waals surface area contributed by atoms with Gasteiger partial charge in [0.15, 0.2) is 6.61 Å². The number of hydrogen-bond donors (Lipinski definition) is 2. The van der Waals surface area contributed by atoms with Crippen LogP contribution >= 0.6 is 0 Å². The standard InChI is InChI=1S/C17H17FN2O4S/c18-12-2-1-3-15(10-12)24-11-17(21)19-13-6-8-16(9-7-13)25(22,23)20-14-4-5-14/h1-3,6-10,14,20H,4-5,11H2,(H,19,21). The molecule has 0 spiro atoms. The molecule has 1 aliphatic rings. The van der Waals surface area contributed by atoms with Crippen LogP contribution in [0, 0.1) is 5.82 Å². The molecule has 0 aromatic heterocycles. The van der Waals surface area contributed by atoms with Gasteiger partial charge in [-0.2, -0.15) is 0 Å². The maximum atomic E-state index is 13.0. The molecule has 6 nitrogen and oxygen atoms in total. The average molecular weight is 364 g/mol. The highest BCUT2D eigenvalue weighted by Gasteiger charge is 2.27. The lowest BCUT2D eigenvalue weighted by Crippen LogP contribution is -2.25. The van der Waals surface area contributed by atoms with Crippen LogP contribution in [-0.4, -0.2) is 27.0 Å². The lowest BCUT2D eigenvalue weighted by molar-refractivity contribution is -0.118. The van der Waals surface area contributed by atoms with Gasteiger partial charge in [-0.05, 0) is 49.2 Å². The monoisotopic (exact) mass is 364 g/mol. The molecule has 25 heavy (non-hydrogen) atoms. The third-order valence-electron chi connectivity index (χ3n) is 3.51. The Morgan fingerprint density at radius 1 is 1.16 bits per heavy atom. The second-order valence-corrected chi connectivity index (χ2v) is 7.43. The van der Waals surface area contributed by atoms with E-state index < -0.39 is 21.7 Å². The van der Waals surface area contributed by atoms with E-state index in [9.17, 15) is 17.6 Å². The molecule has 1 amide bonds. The molecule has 3 rings (SSSR count). The van der Waals surface area contributed by atoms with Crippen LogP contribution < -0.4 is 14.8 Å². The van der Waals surface area contributed by atoms with Crippen molar-refractivity contribution in [3.8, 4) is 5.75 Å². The number of carbonyl (C=O) groups is 1. The molecule has 2 aromatic carbocycles. The Bertz CT molecular complexity index is 864. The van der Waals surface area contributed by atoms with Crippen molar-refractivity contribution in [2.75, 3.05) is 11.9 Å². The van der Waals surface area contributed by atoms with Crippen LogP contribution in [0.4, 0.5) is 10.1 Å². The van der Waals surface area contributed by atoms with Crippen molar-refractivity contribution in [3.05, 3.63) is 54.3 Å². The van der Waals surface area contributed by atoms with Crippen LogP contribution in [0.3, 0.4) is 0 Å². The Balaban J connectivity index is 1.54. The number of rotatable bonds is 7. The fourth-order valence-electron chi connectivity index (χ4n) is 2.11. The molecule has 0 unspecified atom stereocenters. The van der Waals surface area contributed by atoms with E-state index in [2.05, 4.69) is 10.0 Å². The number of anilines is 1. The summed E-state index contributed by atoms with van der Waals surface area (Å²) in [6.45, 7) is -0.285. The zero-order valence-electron chi connectivity index (χ0n) is 13.2. The van der Waals surface area contributed by atoms with Crippen LogP contribution in [0.25, 0.3) is 0 Å². The smallest absolute Gasteiger partial charge is 0.262 e. The van der Waals surface area contributed by atoms with Crippen molar-refractivity contribution in [1.29, 1.82) is 0 Å². The molecule has 1 saturated carbocycles. The molecular weight excluding hydrogens is 347 g/mol. The van der Waals surface area contributed by atoms with Crippen LogP contribution in [-0.2, 0) is 14.8 Å². The maximum absolute atomic E-state index is 13.0. The summed E-state index contributed by atoms with van der Waals surface area (Å²) in [5, 5.41) is 2.59. The van der Waals surface area contributed by atoms with Gasteiger partial charge in [0.25, 0.3) is 5.91 Å². The zero-order chi connectivity index (χ0) is 17.9. The van der Waals surface area contributed by atoms with Crippen LogP contribution in [0.1, 0.15) is 12.8 Å². The van der Waals surface area contributed by atoms with Crippen molar-refractivity contribution >= 4 is 21.6 Å². The predicted octanol–water partition coefficient (Wildman–Crippen LogP) is 2.28. The third-order valence-corrected chi connectivity index (χ3v) is 5.05. The molecule has 0 radical (unpaired) electrons. The highest BCUT2D eigenvalue weighted by Crippen LogP contribution is 2.22. The Morgan fingerprint density at radius 2 is 1.88 bits per heavy atom. The van der Waals surface area contributed by atoms with E-state index in [0.29, 0.717) is 5.69 Å². The van der Waals surface area contributed by atoms with E-state index in [4.69, 9.17) is 4.74 Å². The van der Waals surface area contributed by atoms with Gasteiger partial charge in [0.2, 0.25) is 10.0 Å². The van der Waals surface area contributed by atoms with Gasteiger partial charge in [-0.3, -0.25) is 4.79 Å². The first kappa shape index (κ1) is 17.4. The fourth-order valence-corrected chi connectivity index (χ4v) is 3.41. The van der Waals surface area contributed by atoms with Crippen molar-refractivity contribution < 1.29 is 22.3 Å². The van der Waals surface area contributed by atoms with Crippen molar-refractivity contribution in [2.45, 2.75) is 23.8 Å². The molecule has 1 aliphatic carbocycles. The van der Waals surface area contributed by atoms with Crippen molar-refractivity contribution in [2.24, 2.45) is 0 Å². The topological polar surface area (TPSA) is 84.5 Å². The summed E-state index contributed by atoms with van der Waals surface area (Å²) in [7, 11) is -3.52. The summed E-state index contributed by atoms with van der Waals surface area (Å²) in [5.41, 5.74) is 0.443.